The molecular weight excluding hydrogens is 327 g/mol. The van der Waals surface area contributed by atoms with Crippen LogP contribution in [-0.4, -0.2) is 37.0 Å². The molecule has 2 unspecified atom stereocenters. The molecule has 1 saturated heterocycles. The zero-order valence-corrected chi connectivity index (χ0v) is 15.1. The number of benzene rings is 2. The van der Waals surface area contributed by atoms with Crippen LogP contribution in [0.25, 0.3) is 11.1 Å². The predicted molar refractivity (Wildman–Crippen MR) is 101 cm³/mol. The lowest BCUT2D eigenvalue weighted by atomic mass is 9.89. The third kappa shape index (κ3) is 2.47. The molecule has 2 aromatic carbocycles. The van der Waals surface area contributed by atoms with Crippen LogP contribution in [-0.2, 0) is 6.42 Å². The standard InChI is InChI=1S/C22H24FN2O/c1-14-6-7-18(23)22-19(14)17-5-2-4-15-12-16(21(26-22)20(15)17)13-25-10-3-8-24-9-11-25/h2,4-7,13,16,21,24H,3,8-12H2,1H3/q+1. The highest BCUT2D eigenvalue weighted by Crippen LogP contribution is 2.52. The summed E-state index contributed by atoms with van der Waals surface area (Å²) in [6.45, 7) is 6.23. The number of rotatable bonds is 1. The maximum absolute atomic E-state index is 14.6. The number of hydrogen-bond donors (Lipinski definition) is 1. The van der Waals surface area contributed by atoms with Crippen LogP contribution in [0.5, 0.6) is 5.75 Å². The van der Waals surface area contributed by atoms with Crippen LogP contribution in [0.3, 0.4) is 0 Å². The van der Waals surface area contributed by atoms with Crippen LogP contribution in [0.2, 0.25) is 0 Å². The molecule has 134 valence electrons. The lowest BCUT2D eigenvalue weighted by Crippen LogP contribution is -2.27. The number of nitrogens with one attached hydrogen (secondary N) is 1. The highest BCUT2D eigenvalue weighted by molar-refractivity contribution is 5.81. The van der Waals surface area contributed by atoms with E-state index in [0.717, 1.165) is 55.7 Å². The summed E-state index contributed by atoms with van der Waals surface area (Å²) in [4.78, 5) is 0. The lowest BCUT2D eigenvalue weighted by Gasteiger charge is -2.29. The van der Waals surface area contributed by atoms with Crippen LogP contribution < -0.4 is 10.1 Å². The van der Waals surface area contributed by atoms with Gasteiger partial charge in [0.15, 0.2) is 18.1 Å². The molecule has 4 heteroatoms. The Morgan fingerprint density at radius 2 is 2.12 bits per heavy atom. The Hall–Kier alpha value is -2.20. The second-order valence-electron chi connectivity index (χ2n) is 7.64. The average molecular weight is 351 g/mol. The van der Waals surface area contributed by atoms with E-state index in [4.69, 9.17) is 4.74 Å². The van der Waals surface area contributed by atoms with E-state index in [9.17, 15) is 4.39 Å². The Morgan fingerprint density at radius 1 is 1.19 bits per heavy atom. The Labute approximate surface area is 153 Å². The molecule has 2 aliphatic heterocycles. The molecule has 3 nitrogen and oxygen atoms in total. The van der Waals surface area contributed by atoms with Gasteiger partial charge >= 0.3 is 0 Å². The quantitative estimate of drug-likeness (QED) is 0.796. The maximum Gasteiger partial charge on any atom is 0.165 e. The van der Waals surface area contributed by atoms with Crippen molar-refractivity contribution in [3.05, 3.63) is 52.8 Å². The number of halogens is 1. The molecule has 0 aromatic heterocycles. The van der Waals surface area contributed by atoms with Crippen LogP contribution in [0.15, 0.2) is 30.3 Å². The van der Waals surface area contributed by atoms with E-state index in [2.05, 4.69) is 34.3 Å². The van der Waals surface area contributed by atoms with Gasteiger partial charge in [-0.2, -0.15) is 0 Å². The number of fused-ring (bicyclic) bond motifs is 2. The molecule has 2 heterocycles. The molecule has 3 aliphatic rings. The minimum Gasteiger partial charge on any atom is -0.481 e. The van der Waals surface area contributed by atoms with E-state index in [0.29, 0.717) is 5.75 Å². The average Bonchev–Trinajstić information content (AvgIpc) is 2.82. The molecule has 5 rings (SSSR count). The van der Waals surface area contributed by atoms with Gasteiger partial charge in [-0.25, -0.2) is 8.97 Å². The Morgan fingerprint density at radius 3 is 3.04 bits per heavy atom. The summed E-state index contributed by atoms with van der Waals surface area (Å²) in [7, 11) is 0. The Kier molecular flexibility index (Phi) is 3.82. The third-order valence-electron chi connectivity index (χ3n) is 5.93. The molecule has 0 saturated carbocycles. The van der Waals surface area contributed by atoms with Crippen LogP contribution in [0.1, 0.15) is 29.2 Å². The molecule has 0 radical (unpaired) electrons. The Bertz CT molecular complexity index is 895. The van der Waals surface area contributed by atoms with Crippen LogP contribution in [0, 0.1) is 18.7 Å². The minimum atomic E-state index is -0.258. The van der Waals surface area contributed by atoms with Gasteiger partial charge in [0.25, 0.3) is 0 Å². The van der Waals surface area contributed by atoms with Crippen LogP contribution >= 0.6 is 0 Å². The van der Waals surface area contributed by atoms with Crippen molar-refractivity contribution in [3.63, 3.8) is 0 Å². The molecule has 0 amide bonds. The van der Waals surface area contributed by atoms with E-state index in [1.165, 1.54) is 17.2 Å². The van der Waals surface area contributed by atoms with Crippen molar-refractivity contribution in [2.24, 2.45) is 5.92 Å². The van der Waals surface area contributed by atoms with Crippen molar-refractivity contribution in [1.82, 2.24) is 5.32 Å². The van der Waals surface area contributed by atoms with Gasteiger partial charge in [0.1, 0.15) is 18.9 Å². The van der Waals surface area contributed by atoms with Gasteiger partial charge in [-0.3, -0.25) is 0 Å². The first-order chi connectivity index (χ1) is 12.7. The van der Waals surface area contributed by atoms with E-state index in [-0.39, 0.29) is 17.8 Å². The van der Waals surface area contributed by atoms with E-state index < -0.39 is 0 Å². The maximum atomic E-state index is 14.6. The van der Waals surface area contributed by atoms with Crippen molar-refractivity contribution < 1.29 is 13.7 Å². The molecule has 1 fully saturated rings. The first-order valence-electron chi connectivity index (χ1n) is 9.60. The topological polar surface area (TPSA) is 24.3 Å². The number of aryl methyl sites for hydroxylation is 1. The summed E-state index contributed by atoms with van der Waals surface area (Å²) in [5, 5.41) is 3.45. The van der Waals surface area contributed by atoms with Crippen molar-refractivity contribution in [1.29, 1.82) is 0 Å². The molecule has 2 aromatic rings. The van der Waals surface area contributed by atoms with Gasteiger partial charge < -0.3 is 10.1 Å². The number of ether oxygens (including phenoxy) is 1. The smallest absolute Gasteiger partial charge is 0.165 e. The van der Waals surface area contributed by atoms with Gasteiger partial charge in [0.05, 0.1) is 12.5 Å². The zero-order valence-electron chi connectivity index (χ0n) is 15.1. The van der Waals surface area contributed by atoms with E-state index in [1.807, 2.05) is 13.0 Å². The molecule has 0 bridgehead atoms. The van der Waals surface area contributed by atoms with E-state index >= 15 is 0 Å². The summed E-state index contributed by atoms with van der Waals surface area (Å²) < 4.78 is 23.3. The fraction of sp³-hybridized carbons (Fsp3) is 0.409. The van der Waals surface area contributed by atoms with Crippen molar-refractivity contribution in [3.8, 4) is 16.9 Å². The third-order valence-corrected chi connectivity index (χ3v) is 5.93. The Balaban J connectivity index is 1.60. The van der Waals surface area contributed by atoms with Gasteiger partial charge in [0, 0.05) is 24.1 Å². The second-order valence-corrected chi connectivity index (χ2v) is 7.64. The fourth-order valence-electron chi connectivity index (χ4n) is 4.72. The van der Waals surface area contributed by atoms with Crippen molar-refractivity contribution in [2.45, 2.75) is 25.9 Å². The molecule has 1 N–H and O–H groups in total. The first kappa shape index (κ1) is 16.0. The highest BCUT2D eigenvalue weighted by Gasteiger charge is 2.42. The molecule has 0 spiro atoms. The SMILES string of the molecule is Cc1ccc(F)c2c1-c1cccc3c1C(O2)C(C=[N+]1CCCNCC1)C3. The highest BCUT2D eigenvalue weighted by atomic mass is 19.1. The van der Waals surface area contributed by atoms with E-state index in [1.54, 1.807) is 0 Å². The van der Waals surface area contributed by atoms with Crippen molar-refractivity contribution >= 4 is 6.21 Å². The van der Waals surface area contributed by atoms with Gasteiger partial charge in [-0.1, -0.05) is 24.3 Å². The summed E-state index contributed by atoms with van der Waals surface area (Å²) in [6.07, 6.45) is 4.39. The molecular formula is C22H24FN2O+. The largest absolute Gasteiger partial charge is 0.481 e. The van der Waals surface area contributed by atoms with Gasteiger partial charge in [0.2, 0.25) is 0 Å². The van der Waals surface area contributed by atoms with Gasteiger partial charge in [-0.15, -0.1) is 0 Å². The minimum absolute atomic E-state index is 0.0822. The summed E-state index contributed by atoms with van der Waals surface area (Å²) in [5.74, 6) is 0.432. The van der Waals surface area contributed by atoms with Crippen molar-refractivity contribution in [2.75, 3.05) is 26.2 Å². The molecule has 1 aliphatic carbocycles. The first-order valence-corrected chi connectivity index (χ1v) is 9.60. The summed E-state index contributed by atoms with van der Waals surface area (Å²) in [5.41, 5.74) is 5.76. The predicted octanol–water partition coefficient (Wildman–Crippen LogP) is 3.48. The number of hydrogen-bond acceptors (Lipinski definition) is 2. The number of nitrogens with zero attached hydrogens (tertiary/aromatic N) is 1. The van der Waals surface area contributed by atoms with Gasteiger partial charge in [-0.05, 0) is 36.1 Å². The monoisotopic (exact) mass is 351 g/mol. The molecule has 2 atom stereocenters. The summed E-state index contributed by atoms with van der Waals surface area (Å²) >= 11 is 0. The fourth-order valence-corrected chi connectivity index (χ4v) is 4.72. The van der Waals surface area contributed by atoms with Crippen LogP contribution in [0.4, 0.5) is 4.39 Å². The molecule has 26 heavy (non-hydrogen) atoms. The lowest BCUT2D eigenvalue weighted by molar-refractivity contribution is -0.521. The normalized spacial score (nSPS) is 25.4. The second kappa shape index (κ2) is 6.20. The zero-order chi connectivity index (χ0) is 17.7. The summed E-state index contributed by atoms with van der Waals surface area (Å²) in [6, 6.07) is 9.80.